The molecular weight excluding hydrogens is 288 g/mol. The third-order valence-corrected chi connectivity index (χ3v) is 4.14. The number of benzene rings is 2. The summed E-state index contributed by atoms with van der Waals surface area (Å²) in [5.41, 5.74) is 7.71. The molecule has 0 aromatic heterocycles. The van der Waals surface area contributed by atoms with E-state index < -0.39 is 0 Å². The fourth-order valence-corrected chi connectivity index (χ4v) is 2.76. The summed E-state index contributed by atoms with van der Waals surface area (Å²) in [5, 5.41) is 3.17. The van der Waals surface area contributed by atoms with Crippen LogP contribution >= 0.6 is 0 Å². The molecule has 0 spiro atoms. The molecule has 0 heterocycles. The van der Waals surface area contributed by atoms with Crippen LogP contribution in [-0.4, -0.2) is 25.1 Å². The molecule has 2 atom stereocenters. The van der Waals surface area contributed by atoms with Crippen LogP contribution < -0.4 is 15.8 Å². The van der Waals surface area contributed by atoms with Crippen LogP contribution in [0.2, 0.25) is 0 Å². The number of amides is 1. The van der Waals surface area contributed by atoms with E-state index >= 15 is 0 Å². The molecule has 1 saturated carbocycles. The summed E-state index contributed by atoms with van der Waals surface area (Å²) in [4.78, 5) is 10.8. The summed E-state index contributed by atoms with van der Waals surface area (Å²) in [6.07, 6.45) is 1.96. The minimum absolute atomic E-state index is 0.252. The van der Waals surface area contributed by atoms with Crippen molar-refractivity contribution in [2.45, 2.75) is 24.8 Å². The zero-order chi connectivity index (χ0) is 16.1. The number of carbonyl (C=O) groups excluding carboxylic acids is 1. The molecule has 1 amide bonds. The maximum Gasteiger partial charge on any atom is 0.231 e. The first-order chi connectivity index (χ1) is 11.2. The van der Waals surface area contributed by atoms with Gasteiger partial charge in [-0.25, -0.2) is 0 Å². The lowest BCUT2D eigenvalue weighted by Gasteiger charge is -2.07. The predicted molar refractivity (Wildman–Crippen MR) is 90.4 cm³/mol. The maximum atomic E-state index is 10.8. The van der Waals surface area contributed by atoms with Crippen LogP contribution in [0.5, 0.6) is 5.75 Å². The molecule has 120 valence electrons. The lowest BCUT2D eigenvalue weighted by atomic mass is 10.1. The monoisotopic (exact) mass is 310 g/mol. The number of primary amides is 1. The van der Waals surface area contributed by atoms with E-state index in [2.05, 4.69) is 29.6 Å². The van der Waals surface area contributed by atoms with Gasteiger partial charge in [-0.3, -0.25) is 4.79 Å². The van der Waals surface area contributed by atoms with Gasteiger partial charge in [0, 0.05) is 18.4 Å². The van der Waals surface area contributed by atoms with Gasteiger partial charge in [-0.05, 0) is 29.7 Å². The van der Waals surface area contributed by atoms with E-state index in [-0.39, 0.29) is 12.5 Å². The molecule has 1 aliphatic carbocycles. The van der Waals surface area contributed by atoms with E-state index in [9.17, 15) is 4.79 Å². The molecule has 1 aliphatic rings. The van der Waals surface area contributed by atoms with Crippen LogP contribution in [-0.2, 0) is 11.2 Å². The highest BCUT2D eigenvalue weighted by atomic mass is 16.5. The molecule has 0 radical (unpaired) electrons. The van der Waals surface area contributed by atoms with Crippen molar-refractivity contribution in [2.75, 3.05) is 13.2 Å². The van der Waals surface area contributed by atoms with Gasteiger partial charge >= 0.3 is 0 Å². The number of carbonyl (C=O) groups is 1. The smallest absolute Gasteiger partial charge is 0.231 e. The summed E-state index contributed by atoms with van der Waals surface area (Å²) in [6, 6.07) is 18.9. The van der Waals surface area contributed by atoms with Gasteiger partial charge < -0.3 is 15.8 Å². The first-order valence-corrected chi connectivity index (χ1v) is 8.01. The van der Waals surface area contributed by atoms with Crippen molar-refractivity contribution >= 4 is 5.91 Å². The molecular formula is C19H22N2O2. The van der Waals surface area contributed by atoms with Gasteiger partial charge in [0.25, 0.3) is 0 Å². The summed E-state index contributed by atoms with van der Waals surface area (Å²) in [7, 11) is 0. The molecule has 3 N–H and O–H groups in total. The molecule has 2 aromatic rings. The van der Waals surface area contributed by atoms with E-state index in [4.69, 9.17) is 10.5 Å². The summed E-state index contributed by atoms with van der Waals surface area (Å²) >= 11 is 0. The Kier molecular flexibility index (Phi) is 4.93. The van der Waals surface area contributed by atoms with Crippen molar-refractivity contribution in [1.82, 2.24) is 5.32 Å². The number of nitrogens with one attached hydrogen (secondary N) is 1. The molecule has 0 saturated heterocycles. The molecule has 23 heavy (non-hydrogen) atoms. The molecule has 4 nitrogen and oxygen atoms in total. The Labute approximate surface area is 136 Å². The largest absolute Gasteiger partial charge is 0.493 e. The Hall–Kier alpha value is -2.33. The van der Waals surface area contributed by atoms with Crippen LogP contribution in [0.15, 0.2) is 54.6 Å². The zero-order valence-electron chi connectivity index (χ0n) is 13.1. The third kappa shape index (κ3) is 4.57. The first-order valence-electron chi connectivity index (χ1n) is 8.01. The Morgan fingerprint density at radius 2 is 1.87 bits per heavy atom. The van der Waals surface area contributed by atoms with Crippen LogP contribution in [0.1, 0.15) is 23.5 Å². The zero-order valence-corrected chi connectivity index (χ0v) is 13.1. The number of hydrogen-bond acceptors (Lipinski definition) is 3. The van der Waals surface area contributed by atoms with Crippen LogP contribution in [0.3, 0.4) is 0 Å². The minimum Gasteiger partial charge on any atom is -0.493 e. The third-order valence-electron chi connectivity index (χ3n) is 4.14. The Morgan fingerprint density at radius 3 is 2.57 bits per heavy atom. The second-order valence-corrected chi connectivity index (χ2v) is 5.95. The quantitative estimate of drug-likeness (QED) is 0.786. The van der Waals surface area contributed by atoms with Gasteiger partial charge in [-0.15, -0.1) is 0 Å². The van der Waals surface area contributed by atoms with E-state index in [1.54, 1.807) is 0 Å². The Morgan fingerprint density at radius 1 is 1.13 bits per heavy atom. The summed E-state index contributed by atoms with van der Waals surface area (Å²) < 4.78 is 5.79. The SMILES string of the molecule is NC(=O)CN[C@@H]1C[C@H]1c1ccc(OCCc2ccccc2)cc1. The molecule has 0 bridgehead atoms. The normalized spacial score (nSPS) is 19.3. The van der Waals surface area contributed by atoms with Crippen LogP contribution in [0.4, 0.5) is 0 Å². The van der Waals surface area contributed by atoms with Gasteiger partial charge in [-0.2, -0.15) is 0 Å². The van der Waals surface area contributed by atoms with E-state index in [1.807, 2.05) is 30.3 Å². The highest BCUT2D eigenvalue weighted by Gasteiger charge is 2.37. The Bertz CT molecular complexity index is 640. The van der Waals surface area contributed by atoms with Crippen molar-refractivity contribution in [3.63, 3.8) is 0 Å². The highest BCUT2D eigenvalue weighted by molar-refractivity contribution is 5.76. The van der Waals surface area contributed by atoms with Crippen molar-refractivity contribution in [3.8, 4) is 5.75 Å². The molecule has 2 aromatic carbocycles. The molecule has 1 fully saturated rings. The molecule has 3 rings (SSSR count). The standard InChI is InChI=1S/C19H22N2O2/c20-19(22)13-21-18-12-17(18)15-6-8-16(9-7-15)23-11-10-14-4-2-1-3-5-14/h1-9,17-18,21H,10-13H2,(H2,20,22)/t17-,18+/m0/s1. The second kappa shape index (κ2) is 7.29. The average Bonchev–Trinajstić information content (AvgIpc) is 3.34. The number of hydrogen-bond donors (Lipinski definition) is 2. The lowest BCUT2D eigenvalue weighted by molar-refractivity contribution is -0.117. The van der Waals surface area contributed by atoms with Crippen molar-refractivity contribution < 1.29 is 9.53 Å². The molecule has 0 aliphatic heterocycles. The number of ether oxygens (including phenoxy) is 1. The van der Waals surface area contributed by atoms with Gasteiger partial charge in [0.05, 0.1) is 13.2 Å². The highest BCUT2D eigenvalue weighted by Crippen LogP contribution is 2.41. The van der Waals surface area contributed by atoms with Gasteiger partial charge in [0.15, 0.2) is 0 Å². The first kappa shape index (κ1) is 15.6. The van der Waals surface area contributed by atoms with E-state index in [0.29, 0.717) is 18.6 Å². The predicted octanol–water partition coefficient (Wildman–Crippen LogP) is 2.24. The van der Waals surface area contributed by atoms with Gasteiger partial charge in [0.1, 0.15) is 5.75 Å². The maximum absolute atomic E-state index is 10.8. The Balaban J connectivity index is 1.44. The van der Waals surface area contributed by atoms with Crippen LogP contribution in [0.25, 0.3) is 0 Å². The van der Waals surface area contributed by atoms with Crippen molar-refractivity contribution in [3.05, 3.63) is 65.7 Å². The molecule has 0 unspecified atom stereocenters. The fraction of sp³-hybridized carbons (Fsp3) is 0.316. The topological polar surface area (TPSA) is 64.4 Å². The summed E-state index contributed by atoms with van der Waals surface area (Å²) in [6.45, 7) is 0.928. The molecule has 4 heteroatoms. The average molecular weight is 310 g/mol. The van der Waals surface area contributed by atoms with Crippen LogP contribution in [0, 0.1) is 0 Å². The van der Waals surface area contributed by atoms with E-state index in [1.165, 1.54) is 11.1 Å². The number of rotatable bonds is 8. The summed E-state index contributed by atoms with van der Waals surface area (Å²) in [5.74, 6) is 1.07. The van der Waals surface area contributed by atoms with E-state index in [0.717, 1.165) is 18.6 Å². The van der Waals surface area contributed by atoms with Crippen molar-refractivity contribution in [2.24, 2.45) is 5.73 Å². The van der Waals surface area contributed by atoms with Crippen molar-refractivity contribution in [1.29, 1.82) is 0 Å². The number of nitrogens with two attached hydrogens (primary N) is 1. The lowest BCUT2D eigenvalue weighted by Crippen LogP contribution is -2.30. The van der Waals surface area contributed by atoms with Gasteiger partial charge in [-0.1, -0.05) is 42.5 Å². The van der Waals surface area contributed by atoms with Gasteiger partial charge in [0.2, 0.25) is 5.91 Å². The minimum atomic E-state index is -0.308. The fourth-order valence-electron chi connectivity index (χ4n) is 2.76. The second-order valence-electron chi connectivity index (χ2n) is 5.95.